The third kappa shape index (κ3) is 2.67. The van der Waals surface area contributed by atoms with Gasteiger partial charge in [-0.2, -0.15) is 0 Å². The first-order valence-corrected chi connectivity index (χ1v) is 6.39. The van der Waals surface area contributed by atoms with Gasteiger partial charge in [0.15, 0.2) is 0 Å². The summed E-state index contributed by atoms with van der Waals surface area (Å²) in [6.07, 6.45) is 4.55. The minimum atomic E-state index is 0.785. The highest BCUT2D eigenvalue weighted by Gasteiger charge is 2.07. The number of fused-ring (bicyclic) bond motifs is 1. The summed E-state index contributed by atoms with van der Waals surface area (Å²) in [5.41, 5.74) is 4.49. The molecule has 94 valence electrons. The fourth-order valence-electron chi connectivity index (χ4n) is 2.02. The molecule has 0 saturated carbocycles. The average molecular weight is 239 g/mol. The van der Waals surface area contributed by atoms with Crippen LogP contribution in [0.4, 0.5) is 0 Å². The number of para-hydroxylation sites is 1. The average Bonchev–Trinajstić information content (AvgIpc) is 2.42. The Morgan fingerprint density at radius 2 is 1.83 bits per heavy atom. The second kappa shape index (κ2) is 6.75. The van der Waals surface area contributed by atoms with Gasteiger partial charge in [-0.05, 0) is 24.1 Å². The quantitative estimate of drug-likeness (QED) is 0.691. The van der Waals surface area contributed by atoms with E-state index in [4.69, 9.17) is 0 Å². The van der Waals surface area contributed by atoms with Crippen LogP contribution in [0.5, 0.6) is 0 Å². The molecule has 2 rings (SSSR count). The van der Waals surface area contributed by atoms with Gasteiger partial charge in [-0.25, -0.2) is 0 Å². The van der Waals surface area contributed by atoms with Crippen LogP contribution in [0.2, 0.25) is 0 Å². The van der Waals surface area contributed by atoms with Crippen molar-refractivity contribution in [3.05, 3.63) is 60.3 Å². The molecule has 0 aliphatic carbocycles. The molecule has 0 amide bonds. The van der Waals surface area contributed by atoms with Gasteiger partial charge in [0.1, 0.15) is 0 Å². The van der Waals surface area contributed by atoms with Crippen LogP contribution >= 0.6 is 0 Å². The van der Waals surface area contributed by atoms with E-state index in [2.05, 4.69) is 31.1 Å². The minimum absolute atomic E-state index is 0.785. The van der Waals surface area contributed by atoms with Gasteiger partial charge < -0.3 is 0 Å². The molecule has 0 atom stereocenters. The third-order valence-electron chi connectivity index (χ3n) is 2.82. The summed E-state index contributed by atoms with van der Waals surface area (Å²) >= 11 is 0. The van der Waals surface area contributed by atoms with Gasteiger partial charge in [0.25, 0.3) is 0 Å². The summed E-state index contributed by atoms with van der Waals surface area (Å²) in [5.74, 6) is 0. The topological polar surface area (TPSA) is 12.9 Å². The van der Waals surface area contributed by atoms with E-state index in [1.165, 1.54) is 10.9 Å². The molecule has 1 aromatic heterocycles. The molecule has 0 spiro atoms. The van der Waals surface area contributed by atoms with Gasteiger partial charge in [-0.15, -0.1) is 6.58 Å². The van der Waals surface area contributed by atoms with Crippen LogP contribution in [-0.4, -0.2) is 4.98 Å². The molecular formula is C17H21N. The maximum absolute atomic E-state index is 4.65. The Hall–Kier alpha value is -1.89. The lowest BCUT2D eigenvalue weighted by molar-refractivity contribution is 1.12. The molecule has 1 heterocycles. The zero-order chi connectivity index (χ0) is 13.5. The second-order valence-corrected chi connectivity index (χ2v) is 3.81. The van der Waals surface area contributed by atoms with E-state index in [1.54, 1.807) is 0 Å². The lowest BCUT2D eigenvalue weighted by atomic mass is 10.0. The van der Waals surface area contributed by atoms with Crippen molar-refractivity contribution >= 4 is 17.0 Å². The number of pyridine rings is 1. The molecule has 18 heavy (non-hydrogen) atoms. The first-order valence-electron chi connectivity index (χ1n) is 6.39. The Bertz CT molecular complexity index is 553. The molecule has 0 N–H and O–H groups in total. The largest absolute Gasteiger partial charge is 0.252 e. The number of benzene rings is 1. The molecule has 0 saturated heterocycles. The first kappa shape index (κ1) is 14.2. The monoisotopic (exact) mass is 239 g/mol. The van der Waals surface area contributed by atoms with Crippen molar-refractivity contribution in [2.45, 2.75) is 27.2 Å². The van der Waals surface area contributed by atoms with Gasteiger partial charge in [0, 0.05) is 11.8 Å². The van der Waals surface area contributed by atoms with Gasteiger partial charge in [-0.1, -0.05) is 50.8 Å². The van der Waals surface area contributed by atoms with E-state index in [0.717, 1.165) is 23.2 Å². The Morgan fingerprint density at radius 3 is 2.44 bits per heavy atom. The Balaban J connectivity index is 0.000000771. The Kier molecular flexibility index (Phi) is 5.31. The Morgan fingerprint density at radius 1 is 1.17 bits per heavy atom. The predicted octanol–water partition coefficient (Wildman–Crippen LogP) is 4.94. The lowest BCUT2D eigenvalue weighted by Crippen LogP contribution is -1.97. The maximum Gasteiger partial charge on any atom is 0.0708 e. The van der Waals surface area contributed by atoms with Crippen molar-refractivity contribution in [1.82, 2.24) is 4.98 Å². The molecule has 0 radical (unpaired) electrons. The van der Waals surface area contributed by atoms with Crippen LogP contribution in [0, 0.1) is 6.92 Å². The molecule has 0 bridgehead atoms. The number of aryl methyl sites for hydroxylation is 1. The highest BCUT2D eigenvalue weighted by atomic mass is 14.7. The van der Waals surface area contributed by atoms with Crippen molar-refractivity contribution in [3.63, 3.8) is 0 Å². The van der Waals surface area contributed by atoms with E-state index in [9.17, 15) is 0 Å². The third-order valence-corrected chi connectivity index (χ3v) is 2.82. The second-order valence-electron chi connectivity index (χ2n) is 3.81. The molecule has 1 heteroatoms. The molecular weight excluding hydrogens is 218 g/mol. The van der Waals surface area contributed by atoms with Gasteiger partial charge in [0.05, 0.1) is 11.2 Å². The van der Waals surface area contributed by atoms with E-state index in [0.29, 0.717) is 0 Å². The summed E-state index contributed by atoms with van der Waals surface area (Å²) in [7, 11) is 0. The lowest BCUT2D eigenvalue weighted by Gasteiger charge is -2.10. The van der Waals surface area contributed by atoms with Crippen molar-refractivity contribution in [3.8, 4) is 0 Å². The van der Waals surface area contributed by atoms with E-state index < -0.39 is 0 Å². The predicted molar refractivity (Wildman–Crippen MR) is 81.8 cm³/mol. The van der Waals surface area contributed by atoms with E-state index in [1.807, 2.05) is 44.2 Å². The Labute approximate surface area is 110 Å². The van der Waals surface area contributed by atoms with Gasteiger partial charge in [0.2, 0.25) is 0 Å². The van der Waals surface area contributed by atoms with E-state index in [-0.39, 0.29) is 0 Å². The smallest absolute Gasteiger partial charge is 0.0708 e. The number of nitrogens with zero attached hydrogens (tertiary/aromatic N) is 1. The van der Waals surface area contributed by atoms with Crippen molar-refractivity contribution in [2.75, 3.05) is 0 Å². The van der Waals surface area contributed by atoms with Crippen LogP contribution in [0.1, 0.15) is 30.7 Å². The fourth-order valence-corrected chi connectivity index (χ4v) is 2.02. The fraction of sp³-hybridized carbons (Fsp3) is 0.235. The number of hydrogen-bond donors (Lipinski definition) is 0. The van der Waals surface area contributed by atoms with Gasteiger partial charge in [-0.3, -0.25) is 4.98 Å². The van der Waals surface area contributed by atoms with Crippen LogP contribution in [-0.2, 0) is 6.42 Å². The summed E-state index contributed by atoms with van der Waals surface area (Å²) in [4.78, 5) is 4.65. The number of aromatic nitrogens is 1. The first-order chi connectivity index (χ1) is 8.77. The summed E-state index contributed by atoms with van der Waals surface area (Å²) in [6.45, 7) is 13.8. The van der Waals surface area contributed by atoms with Crippen molar-refractivity contribution in [1.29, 1.82) is 0 Å². The number of allylic oxidation sites excluding steroid dienone is 1. The highest BCUT2D eigenvalue weighted by Crippen LogP contribution is 2.23. The summed E-state index contributed by atoms with van der Waals surface area (Å²) < 4.78 is 0. The molecule has 0 aliphatic heterocycles. The van der Waals surface area contributed by atoms with Crippen LogP contribution in [0.3, 0.4) is 0 Å². The number of rotatable bonds is 3. The summed E-state index contributed by atoms with van der Waals surface area (Å²) in [5, 5.41) is 1.20. The van der Waals surface area contributed by atoms with Crippen LogP contribution in [0.15, 0.2) is 43.5 Å². The molecule has 2 aromatic rings. The SMILES string of the molecule is C=CCc1nc2ccccc2c(C)c1C=C.CC. The van der Waals surface area contributed by atoms with E-state index >= 15 is 0 Å². The molecule has 0 fully saturated rings. The van der Waals surface area contributed by atoms with Crippen LogP contribution in [0.25, 0.3) is 17.0 Å². The summed E-state index contributed by atoms with van der Waals surface area (Å²) in [6, 6.07) is 8.20. The maximum atomic E-state index is 4.65. The minimum Gasteiger partial charge on any atom is -0.252 e. The van der Waals surface area contributed by atoms with Gasteiger partial charge >= 0.3 is 0 Å². The van der Waals surface area contributed by atoms with Crippen molar-refractivity contribution < 1.29 is 0 Å². The standard InChI is InChI=1S/C15H15N.C2H6/c1-4-8-14-12(5-2)11(3)13-9-6-7-10-15(13)16-14;1-2/h4-7,9-10H,1-2,8H2,3H3;1-2H3. The molecule has 1 nitrogen and oxygen atoms in total. The van der Waals surface area contributed by atoms with Crippen LogP contribution < -0.4 is 0 Å². The molecule has 1 aromatic carbocycles. The number of hydrogen-bond acceptors (Lipinski definition) is 1. The zero-order valence-electron chi connectivity index (χ0n) is 11.5. The normalized spacial score (nSPS) is 9.50. The zero-order valence-corrected chi connectivity index (χ0v) is 11.5. The molecule has 0 aliphatic rings. The molecule has 0 unspecified atom stereocenters. The highest BCUT2D eigenvalue weighted by molar-refractivity contribution is 5.85. The van der Waals surface area contributed by atoms with Crippen molar-refractivity contribution in [2.24, 2.45) is 0 Å².